The Labute approximate surface area is 169 Å². The topological polar surface area (TPSA) is 78.4 Å². The number of hydrogen-bond acceptors (Lipinski definition) is 4. The van der Waals surface area contributed by atoms with Gasteiger partial charge in [-0.15, -0.1) is 35.3 Å². The van der Waals surface area contributed by atoms with Crippen LogP contribution in [0, 0.1) is 0 Å². The number of halogens is 1. The molecule has 0 radical (unpaired) electrons. The molecule has 0 bridgehead atoms. The molecule has 2 rings (SSSR count). The lowest BCUT2D eigenvalue weighted by atomic mass is 10.1. The van der Waals surface area contributed by atoms with Crippen molar-refractivity contribution >= 4 is 47.2 Å². The fraction of sp³-hybridized carbons (Fsp3) is 0.353. The summed E-state index contributed by atoms with van der Waals surface area (Å²) in [4.78, 5) is 21.4. The number of carbonyl (C=O) groups is 1. The zero-order valence-corrected chi connectivity index (χ0v) is 17.8. The number of thiazole rings is 1. The highest BCUT2D eigenvalue weighted by Gasteiger charge is 2.04. The highest BCUT2D eigenvalue weighted by molar-refractivity contribution is 14.0. The third-order valence-corrected chi connectivity index (χ3v) is 4.63. The molecule has 1 amide bonds. The van der Waals surface area contributed by atoms with Crippen molar-refractivity contribution in [3.05, 3.63) is 51.5 Å². The maximum Gasteiger partial charge on any atom is 0.251 e. The van der Waals surface area contributed by atoms with Crippen LogP contribution in [-0.4, -0.2) is 30.9 Å². The number of guanidine groups is 1. The van der Waals surface area contributed by atoms with Crippen molar-refractivity contribution in [3.8, 4) is 0 Å². The molecular weight excluding hydrogens is 449 g/mol. The lowest BCUT2D eigenvalue weighted by Gasteiger charge is -2.11. The number of benzene rings is 1. The number of rotatable bonds is 6. The molecule has 136 valence electrons. The van der Waals surface area contributed by atoms with Crippen LogP contribution in [0.15, 0.2) is 35.5 Å². The summed E-state index contributed by atoms with van der Waals surface area (Å²) in [6.07, 6.45) is 2.93. The van der Waals surface area contributed by atoms with Gasteiger partial charge in [0.2, 0.25) is 0 Å². The maximum absolute atomic E-state index is 11.5. The van der Waals surface area contributed by atoms with Gasteiger partial charge in [-0.05, 0) is 24.1 Å². The number of hydrogen-bond donors (Lipinski definition) is 3. The summed E-state index contributed by atoms with van der Waals surface area (Å²) in [5, 5.41) is 10.2. The summed E-state index contributed by atoms with van der Waals surface area (Å²) in [7, 11) is 3.36. The SMILES string of the molecule is CCc1cnc(CNC(=NC)NCc2ccc(C(=O)NC)cc2)s1.I. The first kappa shape index (κ1) is 21.4. The first-order valence-electron chi connectivity index (χ1n) is 7.85. The molecule has 2 aromatic rings. The van der Waals surface area contributed by atoms with Crippen LogP contribution in [0.2, 0.25) is 0 Å². The van der Waals surface area contributed by atoms with Gasteiger partial charge in [-0.2, -0.15) is 0 Å². The predicted octanol–water partition coefficient (Wildman–Crippen LogP) is 2.55. The monoisotopic (exact) mass is 473 g/mol. The van der Waals surface area contributed by atoms with Crippen LogP contribution in [0.4, 0.5) is 0 Å². The van der Waals surface area contributed by atoms with Crippen LogP contribution in [0.5, 0.6) is 0 Å². The minimum atomic E-state index is -0.0816. The average molecular weight is 473 g/mol. The summed E-state index contributed by atoms with van der Waals surface area (Å²) >= 11 is 1.71. The van der Waals surface area contributed by atoms with Crippen LogP contribution < -0.4 is 16.0 Å². The Bertz CT molecular complexity index is 699. The van der Waals surface area contributed by atoms with E-state index in [-0.39, 0.29) is 29.9 Å². The minimum Gasteiger partial charge on any atom is -0.355 e. The molecule has 0 saturated carbocycles. The summed E-state index contributed by atoms with van der Waals surface area (Å²) in [5.74, 6) is 0.639. The molecule has 3 N–H and O–H groups in total. The van der Waals surface area contributed by atoms with Crippen molar-refractivity contribution in [1.82, 2.24) is 20.9 Å². The predicted molar refractivity (Wildman–Crippen MR) is 114 cm³/mol. The van der Waals surface area contributed by atoms with Gasteiger partial charge in [-0.1, -0.05) is 19.1 Å². The zero-order valence-electron chi connectivity index (χ0n) is 14.6. The van der Waals surface area contributed by atoms with E-state index in [1.54, 1.807) is 25.4 Å². The molecular formula is C17H24IN5OS. The molecule has 25 heavy (non-hydrogen) atoms. The highest BCUT2D eigenvalue weighted by atomic mass is 127. The van der Waals surface area contributed by atoms with E-state index < -0.39 is 0 Å². The second-order valence-electron chi connectivity index (χ2n) is 5.13. The maximum atomic E-state index is 11.5. The van der Waals surface area contributed by atoms with Crippen LogP contribution in [-0.2, 0) is 19.5 Å². The number of aromatic nitrogens is 1. The van der Waals surface area contributed by atoms with E-state index in [2.05, 4.69) is 32.9 Å². The molecule has 1 aromatic heterocycles. The van der Waals surface area contributed by atoms with Gasteiger partial charge in [0.1, 0.15) is 5.01 Å². The van der Waals surface area contributed by atoms with E-state index in [1.165, 1.54) is 4.88 Å². The van der Waals surface area contributed by atoms with E-state index in [0.29, 0.717) is 18.7 Å². The van der Waals surface area contributed by atoms with Crippen molar-refractivity contribution in [2.45, 2.75) is 26.4 Å². The van der Waals surface area contributed by atoms with Gasteiger partial charge in [-0.3, -0.25) is 9.79 Å². The summed E-state index contributed by atoms with van der Waals surface area (Å²) in [6, 6.07) is 7.49. The van der Waals surface area contributed by atoms with Crippen LogP contribution >= 0.6 is 35.3 Å². The Hall–Kier alpha value is -1.68. The Morgan fingerprint density at radius 3 is 2.44 bits per heavy atom. The zero-order chi connectivity index (χ0) is 17.4. The number of nitrogens with one attached hydrogen (secondary N) is 3. The van der Waals surface area contributed by atoms with Gasteiger partial charge < -0.3 is 16.0 Å². The smallest absolute Gasteiger partial charge is 0.251 e. The number of carbonyl (C=O) groups excluding carboxylic acids is 1. The van der Waals surface area contributed by atoms with Crippen molar-refractivity contribution in [3.63, 3.8) is 0 Å². The van der Waals surface area contributed by atoms with Crippen molar-refractivity contribution in [2.24, 2.45) is 4.99 Å². The second-order valence-corrected chi connectivity index (χ2v) is 6.33. The molecule has 0 aliphatic carbocycles. The third-order valence-electron chi connectivity index (χ3n) is 3.48. The van der Waals surface area contributed by atoms with E-state index in [0.717, 1.165) is 23.0 Å². The molecule has 0 aliphatic heterocycles. The van der Waals surface area contributed by atoms with Gasteiger partial charge in [0.25, 0.3) is 5.91 Å². The van der Waals surface area contributed by atoms with E-state index in [9.17, 15) is 4.79 Å². The average Bonchev–Trinajstić information content (AvgIpc) is 3.09. The fourth-order valence-electron chi connectivity index (χ4n) is 2.08. The summed E-state index contributed by atoms with van der Waals surface area (Å²) in [5.41, 5.74) is 1.73. The minimum absolute atomic E-state index is 0. The molecule has 0 unspecified atom stereocenters. The normalized spacial score (nSPS) is 10.8. The lowest BCUT2D eigenvalue weighted by Crippen LogP contribution is -2.36. The van der Waals surface area contributed by atoms with Gasteiger partial charge in [-0.25, -0.2) is 4.98 Å². The molecule has 1 heterocycles. The standard InChI is InChI=1S/C17H23N5OS.HI/c1-4-14-10-20-15(24-14)11-22-17(19-3)21-9-12-5-7-13(8-6-12)16(23)18-2;/h5-8,10H,4,9,11H2,1-3H3,(H,18,23)(H2,19,21,22);1H. The molecule has 0 spiro atoms. The summed E-state index contributed by atoms with van der Waals surface area (Å²) in [6.45, 7) is 3.41. The quantitative estimate of drug-likeness (QED) is 0.343. The van der Waals surface area contributed by atoms with Gasteiger partial charge >= 0.3 is 0 Å². The lowest BCUT2D eigenvalue weighted by molar-refractivity contribution is 0.0963. The number of aliphatic imine (C=N–C) groups is 1. The molecule has 8 heteroatoms. The van der Waals surface area contributed by atoms with E-state index in [4.69, 9.17) is 0 Å². The van der Waals surface area contributed by atoms with Gasteiger partial charge in [0.15, 0.2) is 5.96 Å². The molecule has 0 fully saturated rings. The molecule has 1 aromatic carbocycles. The fourth-order valence-corrected chi connectivity index (χ4v) is 2.88. The van der Waals surface area contributed by atoms with Crippen LogP contribution in [0.25, 0.3) is 0 Å². The second kappa shape index (κ2) is 11.0. The highest BCUT2D eigenvalue weighted by Crippen LogP contribution is 2.12. The number of nitrogens with zero attached hydrogens (tertiary/aromatic N) is 2. The van der Waals surface area contributed by atoms with Crippen molar-refractivity contribution in [2.75, 3.05) is 14.1 Å². The van der Waals surface area contributed by atoms with Gasteiger partial charge in [0, 0.05) is 37.3 Å². The first-order chi connectivity index (χ1) is 11.7. The van der Waals surface area contributed by atoms with Crippen LogP contribution in [0.3, 0.4) is 0 Å². The van der Waals surface area contributed by atoms with E-state index in [1.807, 2.05) is 30.5 Å². The number of aryl methyl sites for hydroxylation is 1. The van der Waals surface area contributed by atoms with Gasteiger partial charge in [0.05, 0.1) is 6.54 Å². The molecule has 0 saturated heterocycles. The number of amides is 1. The first-order valence-corrected chi connectivity index (χ1v) is 8.67. The van der Waals surface area contributed by atoms with E-state index >= 15 is 0 Å². The Morgan fingerprint density at radius 1 is 1.20 bits per heavy atom. The van der Waals surface area contributed by atoms with Crippen molar-refractivity contribution in [1.29, 1.82) is 0 Å². The molecule has 0 atom stereocenters. The third kappa shape index (κ3) is 6.62. The largest absolute Gasteiger partial charge is 0.355 e. The summed E-state index contributed by atoms with van der Waals surface area (Å²) < 4.78 is 0. The molecule has 6 nitrogen and oxygen atoms in total. The molecule has 0 aliphatic rings. The van der Waals surface area contributed by atoms with Crippen LogP contribution in [0.1, 0.15) is 32.7 Å². The Morgan fingerprint density at radius 2 is 1.88 bits per heavy atom. The van der Waals surface area contributed by atoms with Crippen molar-refractivity contribution < 1.29 is 4.79 Å². The Kier molecular flexibility index (Phi) is 9.43. The Balaban J connectivity index is 0.00000312.